The van der Waals surface area contributed by atoms with Gasteiger partial charge in [0.05, 0.1) is 0 Å². The Morgan fingerprint density at radius 2 is 2.00 bits per heavy atom. The van der Waals surface area contributed by atoms with Gasteiger partial charge in [-0.05, 0) is 31.0 Å². The van der Waals surface area contributed by atoms with Crippen LogP contribution in [0.5, 0.6) is 5.75 Å². The van der Waals surface area contributed by atoms with E-state index in [-0.39, 0.29) is 22.3 Å². The minimum absolute atomic E-state index is 0.0341. The molecule has 0 spiro atoms. The largest absolute Gasteiger partial charge is 0.482 e. The molecule has 2 N–H and O–H groups in total. The van der Waals surface area contributed by atoms with E-state index in [0.29, 0.717) is 13.1 Å². The average Bonchev–Trinajstić information content (AvgIpc) is 2.91. The summed E-state index contributed by atoms with van der Waals surface area (Å²) in [7, 11) is -3.67. The summed E-state index contributed by atoms with van der Waals surface area (Å²) >= 11 is 5.86. The number of primary amides is 1. The number of carbonyl (C=O) groups is 1. The van der Waals surface area contributed by atoms with E-state index in [9.17, 15) is 13.2 Å². The fourth-order valence-electron chi connectivity index (χ4n) is 2.02. The van der Waals surface area contributed by atoms with Gasteiger partial charge in [0.15, 0.2) is 6.61 Å². The van der Waals surface area contributed by atoms with Crippen LogP contribution in [0.4, 0.5) is 0 Å². The standard InChI is InChI=1S/C12H15ClN2O4S/c13-9-3-4-10(19-8-12(14)16)11(7-9)20(17,18)15-5-1-2-6-15/h3-4,7H,1-2,5-6,8H2,(H2,14,16). The minimum Gasteiger partial charge on any atom is -0.482 e. The molecule has 1 saturated heterocycles. The fraction of sp³-hybridized carbons (Fsp3) is 0.417. The number of sulfonamides is 1. The van der Waals surface area contributed by atoms with E-state index in [0.717, 1.165) is 12.8 Å². The second kappa shape index (κ2) is 5.99. The highest BCUT2D eigenvalue weighted by atomic mass is 35.5. The molecule has 20 heavy (non-hydrogen) atoms. The van der Waals surface area contributed by atoms with E-state index >= 15 is 0 Å². The predicted octanol–water partition coefficient (Wildman–Crippen LogP) is 0.989. The Bertz CT molecular complexity index is 612. The van der Waals surface area contributed by atoms with Crippen molar-refractivity contribution in [3.05, 3.63) is 23.2 Å². The van der Waals surface area contributed by atoms with Crippen molar-refractivity contribution in [1.29, 1.82) is 0 Å². The molecule has 1 aliphatic rings. The summed E-state index contributed by atoms with van der Waals surface area (Å²) in [6, 6.07) is 4.25. The summed E-state index contributed by atoms with van der Waals surface area (Å²) in [6.07, 6.45) is 1.66. The molecule has 0 bridgehead atoms. The Balaban J connectivity index is 2.37. The molecule has 1 heterocycles. The van der Waals surface area contributed by atoms with Crippen molar-refractivity contribution in [3.63, 3.8) is 0 Å². The molecular formula is C12H15ClN2O4S. The minimum atomic E-state index is -3.67. The van der Waals surface area contributed by atoms with E-state index in [2.05, 4.69) is 0 Å². The topological polar surface area (TPSA) is 89.7 Å². The summed E-state index contributed by atoms with van der Waals surface area (Å²) < 4.78 is 31.6. The summed E-state index contributed by atoms with van der Waals surface area (Å²) in [5.74, 6) is -0.593. The molecule has 1 amide bonds. The van der Waals surface area contributed by atoms with Crippen molar-refractivity contribution in [2.45, 2.75) is 17.7 Å². The number of rotatable bonds is 5. The second-order valence-corrected chi connectivity index (χ2v) is 6.80. The van der Waals surface area contributed by atoms with E-state index in [1.54, 1.807) is 0 Å². The third-order valence-corrected chi connectivity index (χ3v) is 5.11. The Kier molecular flexibility index (Phi) is 4.52. The number of halogens is 1. The first-order chi connectivity index (χ1) is 9.41. The number of hydrogen-bond donors (Lipinski definition) is 1. The van der Waals surface area contributed by atoms with Crippen LogP contribution in [0.1, 0.15) is 12.8 Å². The molecule has 0 unspecified atom stereocenters. The molecule has 2 rings (SSSR count). The number of ether oxygens (including phenoxy) is 1. The van der Waals surface area contributed by atoms with Crippen LogP contribution in [-0.2, 0) is 14.8 Å². The van der Waals surface area contributed by atoms with Gasteiger partial charge in [-0.15, -0.1) is 0 Å². The number of nitrogens with two attached hydrogens (primary N) is 1. The van der Waals surface area contributed by atoms with Crippen LogP contribution in [0, 0.1) is 0 Å². The highest BCUT2D eigenvalue weighted by molar-refractivity contribution is 7.89. The van der Waals surface area contributed by atoms with Crippen LogP contribution in [0.15, 0.2) is 23.1 Å². The molecule has 0 atom stereocenters. The predicted molar refractivity (Wildman–Crippen MR) is 74.1 cm³/mol. The summed E-state index contributed by atoms with van der Waals surface area (Å²) in [4.78, 5) is 10.7. The molecule has 8 heteroatoms. The van der Waals surface area contributed by atoms with Gasteiger partial charge in [-0.25, -0.2) is 8.42 Å². The van der Waals surface area contributed by atoms with Crippen molar-refractivity contribution in [3.8, 4) is 5.75 Å². The number of hydrogen-bond acceptors (Lipinski definition) is 4. The number of carbonyl (C=O) groups excluding carboxylic acids is 1. The zero-order valence-electron chi connectivity index (χ0n) is 10.7. The molecule has 0 saturated carbocycles. The molecule has 0 radical (unpaired) electrons. The van der Waals surface area contributed by atoms with E-state index in [1.807, 2.05) is 0 Å². The lowest BCUT2D eigenvalue weighted by Crippen LogP contribution is -2.29. The first-order valence-electron chi connectivity index (χ1n) is 6.12. The molecular weight excluding hydrogens is 304 g/mol. The lowest BCUT2D eigenvalue weighted by Gasteiger charge is -2.18. The van der Waals surface area contributed by atoms with Gasteiger partial charge >= 0.3 is 0 Å². The smallest absolute Gasteiger partial charge is 0.255 e. The van der Waals surface area contributed by atoms with Gasteiger partial charge in [0.25, 0.3) is 5.91 Å². The van der Waals surface area contributed by atoms with Crippen molar-refractivity contribution in [2.24, 2.45) is 5.73 Å². The van der Waals surface area contributed by atoms with Gasteiger partial charge in [0, 0.05) is 18.1 Å². The lowest BCUT2D eigenvalue weighted by molar-refractivity contribution is -0.120. The van der Waals surface area contributed by atoms with Gasteiger partial charge in [-0.3, -0.25) is 4.79 Å². The molecule has 1 fully saturated rings. The number of benzene rings is 1. The van der Waals surface area contributed by atoms with Gasteiger partial charge in [-0.1, -0.05) is 11.6 Å². The maximum Gasteiger partial charge on any atom is 0.255 e. The Morgan fingerprint density at radius 3 is 2.60 bits per heavy atom. The molecule has 110 valence electrons. The molecule has 1 aromatic carbocycles. The van der Waals surface area contributed by atoms with Crippen molar-refractivity contribution in [2.75, 3.05) is 19.7 Å². The van der Waals surface area contributed by atoms with Crippen molar-refractivity contribution >= 4 is 27.5 Å². The molecule has 0 aliphatic carbocycles. The van der Waals surface area contributed by atoms with E-state index in [1.165, 1.54) is 22.5 Å². The lowest BCUT2D eigenvalue weighted by atomic mass is 10.3. The van der Waals surface area contributed by atoms with Gasteiger partial charge in [-0.2, -0.15) is 4.31 Å². The number of nitrogens with zero attached hydrogens (tertiary/aromatic N) is 1. The van der Waals surface area contributed by atoms with E-state index < -0.39 is 15.9 Å². The first kappa shape index (κ1) is 15.1. The molecule has 0 aromatic heterocycles. The van der Waals surface area contributed by atoms with Crippen LogP contribution < -0.4 is 10.5 Å². The monoisotopic (exact) mass is 318 g/mol. The molecule has 1 aromatic rings. The average molecular weight is 319 g/mol. The molecule has 6 nitrogen and oxygen atoms in total. The normalized spacial score (nSPS) is 16.2. The van der Waals surface area contributed by atoms with Gasteiger partial charge < -0.3 is 10.5 Å². The Hall–Kier alpha value is -1.31. The van der Waals surface area contributed by atoms with Crippen LogP contribution in [0.3, 0.4) is 0 Å². The first-order valence-corrected chi connectivity index (χ1v) is 7.94. The van der Waals surface area contributed by atoms with Gasteiger partial charge in [0.1, 0.15) is 10.6 Å². The van der Waals surface area contributed by atoms with Crippen LogP contribution in [0.25, 0.3) is 0 Å². The second-order valence-electron chi connectivity index (χ2n) is 4.46. The zero-order valence-corrected chi connectivity index (χ0v) is 12.3. The van der Waals surface area contributed by atoms with Crippen LogP contribution in [-0.4, -0.2) is 38.3 Å². The van der Waals surface area contributed by atoms with Gasteiger partial charge in [0.2, 0.25) is 10.0 Å². The third kappa shape index (κ3) is 3.23. The van der Waals surface area contributed by atoms with Crippen LogP contribution >= 0.6 is 11.6 Å². The maximum absolute atomic E-state index is 12.5. The Labute approximate surface area is 122 Å². The molecule has 1 aliphatic heterocycles. The van der Waals surface area contributed by atoms with E-state index in [4.69, 9.17) is 22.1 Å². The summed E-state index contributed by atoms with van der Waals surface area (Å²) in [5.41, 5.74) is 5.00. The summed E-state index contributed by atoms with van der Waals surface area (Å²) in [5, 5.41) is 0.286. The zero-order chi connectivity index (χ0) is 14.8. The highest BCUT2D eigenvalue weighted by Crippen LogP contribution is 2.31. The third-order valence-electron chi connectivity index (χ3n) is 2.96. The fourth-order valence-corrected chi connectivity index (χ4v) is 3.93. The highest BCUT2D eigenvalue weighted by Gasteiger charge is 2.30. The number of amides is 1. The van der Waals surface area contributed by atoms with Crippen molar-refractivity contribution < 1.29 is 17.9 Å². The summed E-state index contributed by atoms with van der Waals surface area (Å²) in [6.45, 7) is 0.568. The van der Waals surface area contributed by atoms with Crippen LogP contribution in [0.2, 0.25) is 5.02 Å². The van der Waals surface area contributed by atoms with Crippen molar-refractivity contribution in [1.82, 2.24) is 4.31 Å². The maximum atomic E-state index is 12.5. The SMILES string of the molecule is NC(=O)COc1ccc(Cl)cc1S(=O)(=O)N1CCCC1. The Morgan fingerprint density at radius 1 is 1.35 bits per heavy atom. The quantitative estimate of drug-likeness (QED) is 0.876.